The van der Waals surface area contributed by atoms with Gasteiger partial charge in [-0.15, -0.1) is 11.3 Å². The third-order valence-corrected chi connectivity index (χ3v) is 5.40. The number of carbonyl (C=O) groups is 1. The van der Waals surface area contributed by atoms with E-state index in [0.717, 1.165) is 23.5 Å². The van der Waals surface area contributed by atoms with Crippen molar-refractivity contribution in [1.29, 1.82) is 0 Å². The molecule has 1 atom stereocenters. The molecule has 1 amide bonds. The second-order valence-corrected chi connectivity index (χ2v) is 7.16. The van der Waals surface area contributed by atoms with Crippen LogP contribution in [0.5, 0.6) is 0 Å². The van der Waals surface area contributed by atoms with E-state index in [4.69, 9.17) is 0 Å². The Kier molecular flexibility index (Phi) is 4.73. The number of amides is 1. The van der Waals surface area contributed by atoms with Gasteiger partial charge in [0.1, 0.15) is 17.1 Å². The zero-order chi connectivity index (χ0) is 16.3. The lowest BCUT2D eigenvalue weighted by Gasteiger charge is -2.22. The number of nitrogens with one attached hydrogen (secondary N) is 1. The molecule has 0 aromatic carbocycles. The number of aliphatic hydroxyl groups is 1. The highest BCUT2D eigenvalue weighted by molar-refractivity contribution is 7.10. The molecule has 1 aliphatic rings. The van der Waals surface area contributed by atoms with Crippen molar-refractivity contribution in [3.8, 4) is 0 Å². The van der Waals surface area contributed by atoms with Gasteiger partial charge < -0.3 is 10.4 Å². The fraction of sp³-hybridized carbons (Fsp3) is 0.471. The quantitative estimate of drug-likeness (QED) is 0.883. The van der Waals surface area contributed by atoms with Gasteiger partial charge in [0.2, 0.25) is 0 Å². The van der Waals surface area contributed by atoms with Crippen LogP contribution in [0.15, 0.2) is 29.8 Å². The van der Waals surface area contributed by atoms with Crippen LogP contribution in [0.3, 0.4) is 0 Å². The van der Waals surface area contributed by atoms with E-state index >= 15 is 0 Å². The van der Waals surface area contributed by atoms with Crippen molar-refractivity contribution in [2.24, 2.45) is 0 Å². The third-order valence-electron chi connectivity index (χ3n) is 4.27. The maximum absolute atomic E-state index is 12.3. The van der Waals surface area contributed by atoms with Gasteiger partial charge in [0, 0.05) is 17.0 Å². The largest absolute Gasteiger partial charge is 0.383 e. The molecule has 1 aliphatic carbocycles. The van der Waals surface area contributed by atoms with Crippen LogP contribution in [0.25, 0.3) is 0 Å². The van der Waals surface area contributed by atoms with Gasteiger partial charge in [0.05, 0.1) is 6.54 Å². The minimum atomic E-state index is -1.08. The molecule has 1 saturated carbocycles. The van der Waals surface area contributed by atoms with E-state index in [-0.39, 0.29) is 12.5 Å². The first kappa shape index (κ1) is 16.1. The molecular formula is C17H21N3O2S. The van der Waals surface area contributed by atoms with Crippen LogP contribution < -0.4 is 5.32 Å². The molecule has 0 spiro atoms. The maximum atomic E-state index is 12.3. The van der Waals surface area contributed by atoms with E-state index in [1.807, 2.05) is 17.5 Å². The molecule has 5 nitrogen and oxygen atoms in total. The highest BCUT2D eigenvalue weighted by atomic mass is 32.1. The molecule has 1 unspecified atom stereocenters. The van der Waals surface area contributed by atoms with Gasteiger partial charge in [-0.05, 0) is 37.3 Å². The van der Waals surface area contributed by atoms with E-state index in [9.17, 15) is 9.90 Å². The van der Waals surface area contributed by atoms with Crippen LogP contribution in [-0.2, 0) is 5.60 Å². The lowest BCUT2D eigenvalue weighted by atomic mass is 10.1. The summed E-state index contributed by atoms with van der Waals surface area (Å²) in [6.45, 7) is 1.85. The maximum Gasteiger partial charge on any atom is 0.270 e. The zero-order valence-corrected chi connectivity index (χ0v) is 14.0. The Labute approximate surface area is 139 Å². The molecule has 0 aliphatic heterocycles. The molecule has 122 valence electrons. The van der Waals surface area contributed by atoms with Crippen molar-refractivity contribution in [1.82, 2.24) is 15.3 Å². The average Bonchev–Trinajstić information content (AvgIpc) is 3.25. The molecule has 23 heavy (non-hydrogen) atoms. The fourth-order valence-electron chi connectivity index (χ4n) is 2.90. The third kappa shape index (κ3) is 3.76. The molecule has 0 bridgehead atoms. The molecule has 6 heteroatoms. The molecule has 2 aromatic heterocycles. The standard InChI is InChI=1S/C17H21N3O2S/c1-17(22,14-7-4-10-23-14)11-19-16(21)13-8-9-18-15(20-13)12-5-2-3-6-12/h4,7-10,12,22H,2-3,5-6,11H2,1H3,(H,19,21). The van der Waals surface area contributed by atoms with Crippen molar-refractivity contribution in [3.63, 3.8) is 0 Å². The molecule has 2 N–H and O–H groups in total. The first-order valence-corrected chi connectivity index (χ1v) is 8.82. The number of nitrogens with zero attached hydrogens (tertiary/aromatic N) is 2. The number of carbonyl (C=O) groups excluding carboxylic acids is 1. The summed E-state index contributed by atoms with van der Waals surface area (Å²) >= 11 is 1.47. The number of aromatic nitrogens is 2. The van der Waals surface area contributed by atoms with Crippen LogP contribution >= 0.6 is 11.3 Å². The molecule has 1 fully saturated rings. The predicted molar refractivity (Wildman–Crippen MR) is 89.5 cm³/mol. The highest BCUT2D eigenvalue weighted by Gasteiger charge is 2.26. The van der Waals surface area contributed by atoms with Gasteiger partial charge in [-0.25, -0.2) is 9.97 Å². The second-order valence-electron chi connectivity index (χ2n) is 6.22. The number of hydrogen-bond acceptors (Lipinski definition) is 5. The number of thiophene rings is 1. The van der Waals surface area contributed by atoms with Crippen LogP contribution in [-0.4, -0.2) is 27.5 Å². The van der Waals surface area contributed by atoms with E-state index in [0.29, 0.717) is 11.6 Å². The summed E-state index contributed by atoms with van der Waals surface area (Å²) in [5, 5.41) is 15.1. The Bertz CT molecular complexity index is 664. The van der Waals surface area contributed by atoms with Crippen LogP contribution in [0.1, 0.15) is 59.7 Å². The summed E-state index contributed by atoms with van der Waals surface area (Å²) in [7, 11) is 0. The molecule has 2 heterocycles. The Morgan fingerprint density at radius 3 is 2.91 bits per heavy atom. The van der Waals surface area contributed by atoms with Gasteiger partial charge in [0.15, 0.2) is 0 Å². The first-order chi connectivity index (χ1) is 11.1. The summed E-state index contributed by atoms with van der Waals surface area (Å²) in [5.41, 5.74) is -0.714. The monoisotopic (exact) mass is 331 g/mol. The van der Waals surface area contributed by atoms with E-state index in [2.05, 4.69) is 15.3 Å². The summed E-state index contributed by atoms with van der Waals surface area (Å²) in [5.74, 6) is 0.862. The number of hydrogen-bond donors (Lipinski definition) is 2. The van der Waals surface area contributed by atoms with Crippen LogP contribution in [0.4, 0.5) is 0 Å². The molecular weight excluding hydrogens is 310 g/mol. The smallest absolute Gasteiger partial charge is 0.270 e. The first-order valence-electron chi connectivity index (χ1n) is 7.94. The van der Waals surface area contributed by atoms with Gasteiger partial charge in [-0.3, -0.25) is 4.79 Å². The highest BCUT2D eigenvalue weighted by Crippen LogP contribution is 2.31. The fourth-order valence-corrected chi connectivity index (χ4v) is 3.68. The minimum absolute atomic E-state index is 0.148. The van der Waals surface area contributed by atoms with E-state index < -0.39 is 5.60 Å². The Morgan fingerprint density at radius 1 is 1.43 bits per heavy atom. The van der Waals surface area contributed by atoms with Gasteiger partial charge >= 0.3 is 0 Å². The van der Waals surface area contributed by atoms with Crippen LogP contribution in [0, 0.1) is 0 Å². The lowest BCUT2D eigenvalue weighted by molar-refractivity contribution is 0.0555. The Hall–Kier alpha value is -1.79. The molecule has 3 rings (SSSR count). The van der Waals surface area contributed by atoms with Gasteiger partial charge in [-0.1, -0.05) is 18.9 Å². The molecule has 0 saturated heterocycles. The normalized spacial score (nSPS) is 17.8. The van der Waals surface area contributed by atoms with Gasteiger partial charge in [-0.2, -0.15) is 0 Å². The zero-order valence-electron chi connectivity index (χ0n) is 13.2. The lowest BCUT2D eigenvalue weighted by Crippen LogP contribution is -2.38. The Morgan fingerprint density at radius 2 is 2.22 bits per heavy atom. The van der Waals surface area contributed by atoms with E-state index in [1.54, 1.807) is 19.2 Å². The van der Waals surface area contributed by atoms with Crippen molar-refractivity contribution in [2.75, 3.05) is 6.54 Å². The van der Waals surface area contributed by atoms with Crippen molar-refractivity contribution in [3.05, 3.63) is 46.2 Å². The predicted octanol–water partition coefficient (Wildman–Crippen LogP) is 2.83. The molecule has 0 radical (unpaired) electrons. The minimum Gasteiger partial charge on any atom is -0.383 e. The SMILES string of the molecule is CC(O)(CNC(=O)c1ccnc(C2CCCC2)n1)c1cccs1. The van der Waals surface area contributed by atoms with Crippen molar-refractivity contribution in [2.45, 2.75) is 44.1 Å². The van der Waals surface area contributed by atoms with Crippen LogP contribution in [0.2, 0.25) is 0 Å². The van der Waals surface area contributed by atoms with Gasteiger partial charge in [0.25, 0.3) is 5.91 Å². The van der Waals surface area contributed by atoms with Crippen molar-refractivity contribution >= 4 is 17.2 Å². The summed E-state index contributed by atoms with van der Waals surface area (Å²) in [4.78, 5) is 21.9. The number of rotatable bonds is 5. The Balaban J connectivity index is 1.65. The summed E-state index contributed by atoms with van der Waals surface area (Å²) in [6, 6.07) is 5.36. The topological polar surface area (TPSA) is 75.1 Å². The average molecular weight is 331 g/mol. The summed E-state index contributed by atoms with van der Waals surface area (Å²) < 4.78 is 0. The van der Waals surface area contributed by atoms with Crippen molar-refractivity contribution < 1.29 is 9.90 Å². The molecule has 2 aromatic rings. The van der Waals surface area contributed by atoms with E-state index in [1.165, 1.54) is 24.2 Å². The summed E-state index contributed by atoms with van der Waals surface area (Å²) in [6.07, 6.45) is 6.24. The second kappa shape index (κ2) is 6.76.